The summed E-state index contributed by atoms with van der Waals surface area (Å²) in [4.78, 5) is 0. The van der Waals surface area contributed by atoms with Crippen LogP contribution in [0.3, 0.4) is 0 Å². The molecule has 1 atom stereocenters. The van der Waals surface area contributed by atoms with Crippen LogP contribution in [-0.2, 0) is 4.74 Å². The summed E-state index contributed by atoms with van der Waals surface area (Å²) in [5.74, 6) is 0. The zero-order chi connectivity index (χ0) is 8.32. The molecule has 74 valence electrons. The molecule has 0 radical (unpaired) electrons. The van der Waals surface area contributed by atoms with E-state index in [1.54, 1.807) is 0 Å². The third-order valence-electron chi connectivity index (χ3n) is 2.28. The second kappa shape index (κ2) is 5.05. The maximum Gasteiger partial charge on any atom is 0.0699 e. The molecule has 3 heteroatoms. The third kappa shape index (κ3) is 3.74. The second-order valence-corrected chi connectivity index (χ2v) is 4.19. The summed E-state index contributed by atoms with van der Waals surface area (Å²) in [6, 6.07) is 0. The molecule has 0 aliphatic carbocycles. The van der Waals surface area contributed by atoms with Crippen LogP contribution >= 0.6 is 12.4 Å². The quantitative estimate of drug-likeness (QED) is 0.723. The Labute approximate surface area is 81.5 Å². The molecule has 0 unspecified atom stereocenters. The number of hydrogen-bond donors (Lipinski definition) is 1. The van der Waals surface area contributed by atoms with Gasteiger partial charge in [-0.25, -0.2) is 0 Å². The van der Waals surface area contributed by atoms with Crippen LogP contribution in [0.5, 0.6) is 0 Å². The fourth-order valence-corrected chi connectivity index (χ4v) is 1.44. The number of nitrogens with one attached hydrogen (secondary N) is 1. The Kier molecular flexibility index (Phi) is 5.14. The Morgan fingerprint density at radius 1 is 1.50 bits per heavy atom. The van der Waals surface area contributed by atoms with Gasteiger partial charge in [-0.05, 0) is 25.3 Å². The first-order valence-corrected chi connectivity index (χ1v) is 4.40. The molecular formula is C9H20ClNO. The van der Waals surface area contributed by atoms with E-state index in [4.69, 9.17) is 4.74 Å². The van der Waals surface area contributed by atoms with Crippen molar-refractivity contribution in [2.75, 3.05) is 20.2 Å². The molecule has 0 aromatic rings. The maximum atomic E-state index is 5.67. The van der Waals surface area contributed by atoms with Gasteiger partial charge in [0.2, 0.25) is 0 Å². The van der Waals surface area contributed by atoms with E-state index >= 15 is 0 Å². The molecule has 0 aromatic heterocycles. The lowest BCUT2D eigenvalue weighted by atomic mass is 9.85. The number of ether oxygens (including phenoxy) is 1. The number of likely N-dealkylation sites (N-methyl/N-ethyl adjacent to an activating group) is 1. The van der Waals surface area contributed by atoms with Crippen molar-refractivity contribution in [3.63, 3.8) is 0 Å². The molecule has 1 N–H and O–H groups in total. The van der Waals surface area contributed by atoms with Gasteiger partial charge in [-0.2, -0.15) is 0 Å². The zero-order valence-corrected chi connectivity index (χ0v) is 9.04. The number of rotatable bonds is 2. The minimum absolute atomic E-state index is 0. The highest BCUT2D eigenvalue weighted by molar-refractivity contribution is 5.85. The average Bonchev–Trinajstić information content (AvgIpc) is 1.94. The summed E-state index contributed by atoms with van der Waals surface area (Å²) in [7, 11) is 1.98. The summed E-state index contributed by atoms with van der Waals surface area (Å²) in [6.45, 7) is 6.45. The molecule has 1 fully saturated rings. The molecule has 0 amide bonds. The third-order valence-corrected chi connectivity index (χ3v) is 2.28. The van der Waals surface area contributed by atoms with Gasteiger partial charge in [0.1, 0.15) is 0 Å². The molecule has 1 aliphatic rings. The van der Waals surface area contributed by atoms with Crippen molar-refractivity contribution >= 4 is 12.4 Å². The lowest BCUT2D eigenvalue weighted by Crippen LogP contribution is -2.36. The van der Waals surface area contributed by atoms with Crippen LogP contribution in [0.15, 0.2) is 0 Å². The Morgan fingerprint density at radius 3 is 2.58 bits per heavy atom. The largest absolute Gasteiger partial charge is 0.376 e. The second-order valence-electron chi connectivity index (χ2n) is 4.19. The van der Waals surface area contributed by atoms with Crippen molar-refractivity contribution < 1.29 is 4.74 Å². The molecule has 1 aliphatic heterocycles. The minimum Gasteiger partial charge on any atom is -0.376 e. The van der Waals surface area contributed by atoms with E-state index in [2.05, 4.69) is 19.2 Å². The fourth-order valence-electron chi connectivity index (χ4n) is 1.44. The van der Waals surface area contributed by atoms with E-state index < -0.39 is 0 Å². The topological polar surface area (TPSA) is 21.3 Å². The van der Waals surface area contributed by atoms with E-state index in [-0.39, 0.29) is 12.4 Å². The SMILES string of the molecule is CNC[C@@H]1CCC(C)(C)CO1.Cl. The predicted octanol–water partition coefficient (Wildman–Crippen LogP) is 1.83. The van der Waals surface area contributed by atoms with E-state index in [0.29, 0.717) is 11.5 Å². The zero-order valence-electron chi connectivity index (χ0n) is 8.22. The molecule has 0 aromatic carbocycles. The van der Waals surface area contributed by atoms with Crippen LogP contribution in [0.1, 0.15) is 26.7 Å². The van der Waals surface area contributed by atoms with Crippen molar-refractivity contribution in [3.05, 3.63) is 0 Å². The van der Waals surface area contributed by atoms with Crippen molar-refractivity contribution in [2.24, 2.45) is 5.41 Å². The van der Waals surface area contributed by atoms with Gasteiger partial charge in [0.25, 0.3) is 0 Å². The molecule has 2 nitrogen and oxygen atoms in total. The normalized spacial score (nSPS) is 27.8. The van der Waals surface area contributed by atoms with Crippen molar-refractivity contribution in [1.29, 1.82) is 0 Å². The van der Waals surface area contributed by atoms with Crippen LogP contribution in [0.2, 0.25) is 0 Å². The number of hydrogen-bond acceptors (Lipinski definition) is 2. The van der Waals surface area contributed by atoms with Crippen LogP contribution in [-0.4, -0.2) is 26.3 Å². The molecule has 0 bridgehead atoms. The van der Waals surface area contributed by atoms with E-state index in [1.165, 1.54) is 12.8 Å². The van der Waals surface area contributed by atoms with Crippen molar-refractivity contribution in [2.45, 2.75) is 32.8 Å². The van der Waals surface area contributed by atoms with Crippen molar-refractivity contribution in [3.8, 4) is 0 Å². The van der Waals surface area contributed by atoms with E-state index in [1.807, 2.05) is 7.05 Å². The van der Waals surface area contributed by atoms with E-state index in [0.717, 1.165) is 13.2 Å². The van der Waals surface area contributed by atoms with Crippen LogP contribution < -0.4 is 5.32 Å². The van der Waals surface area contributed by atoms with Crippen LogP contribution in [0.4, 0.5) is 0 Å². The highest BCUT2D eigenvalue weighted by atomic mass is 35.5. The van der Waals surface area contributed by atoms with E-state index in [9.17, 15) is 0 Å². The lowest BCUT2D eigenvalue weighted by molar-refractivity contribution is -0.0459. The summed E-state index contributed by atoms with van der Waals surface area (Å²) < 4.78 is 5.67. The Bertz CT molecular complexity index is 118. The molecule has 1 heterocycles. The molecular weight excluding hydrogens is 174 g/mol. The van der Waals surface area contributed by atoms with Crippen molar-refractivity contribution in [1.82, 2.24) is 5.32 Å². The first-order chi connectivity index (χ1) is 5.14. The monoisotopic (exact) mass is 193 g/mol. The summed E-state index contributed by atoms with van der Waals surface area (Å²) in [6.07, 6.45) is 2.95. The summed E-state index contributed by atoms with van der Waals surface area (Å²) in [5.41, 5.74) is 0.407. The Balaban J connectivity index is 0.00000121. The molecule has 12 heavy (non-hydrogen) atoms. The minimum atomic E-state index is 0. The standard InChI is InChI=1S/C9H19NO.ClH/c1-9(2)5-4-8(6-10-3)11-7-9;/h8,10H,4-7H2,1-3H3;1H/t8-;/m0./s1. The van der Waals surface area contributed by atoms with Gasteiger partial charge >= 0.3 is 0 Å². The van der Waals surface area contributed by atoms with Gasteiger partial charge in [0.05, 0.1) is 12.7 Å². The van der Waals surface area contributed by atoms with Gasteiger partial charge in [0.15, 0.2) is 0 Å². The summed E-state index contributed by atoms with van der Waals surface area (Å²) in [5, 5.41) is 3.14. The van der Waals surface area contributed by atoms with Gasteiger partial charge in [0, 0.05) is 6.54 Å². The maximum absolute atomic E-state index is 5.67. The lowest BCUT2D eigenvalue weighted by Gasteiger charge is -2.34. The molecule has 1 rings (SSSR count). The van der Waals surface area contributed by atoms with Gasteiger partial charge in [-0.3, -0.25) is 0 Å². The first kappa shape index (κ1) is 12.2. The predicted molar refractivity (Wildman–Crippen MR) is 53.9 cm³/mol. The Hall–Kier alpha value is 0.210. The molecule has 1 saturated heterocycles. The van der Waals surface area contributed by atoms with Crippen LogP contribution in [0.25, 0.3) is 0 Å². The average molecular weight is 194 g/mol. The smallest absolute Gasteiger partial charge is 0.0699 e. The summed E-state index contributed by atoms with van der Waals surface area (Å²) >= 11 is 0. The first-order valence-electron chi connectivity index (χ1n) is 4.40. The Morgan fingerprint density at radius 2 is 2.17 bits per heavy atom. The van der Waals surface area contributed by atoms with Gasteiger partial charge in [-0.1, -0.05) is 13.8 Å². The highest BCUT2D eigenvalue weighted by Crippen LogP contribution is 2.29. The fraction of sp³-hybridized carbons (Fsp3) is 1.00. The van der Waals surface area contributed by atoms with Gasteiger partial charge in [-0.15, -0.1) is 12.4 Å². The number of halogens is 1. The molecule has 0 spiro atoms. The highest BCUT2D eigenvalue weighted by Gasteiger charge is 2.26. The molecule has 0 saturated carbocycles. The van der Waals surface area contributed by atoms with Crippen LogP contribution in [0, 0.1) is 5.41 Å². The van der Waals surface area contributed by atoms with Gasteiger partial charge < -0.3 is 10.1 Å².